The summed E-state index contributed by atoms with van der Waals surface area (Å²) < 4.78 is 18.9. The molecule has 1 unspecified atom stereocenters. The van der Waals surface area contributed by atoms with Crippen molar-refractivity contribution in [1.29, 1.82) is 0 Å². The van der Waals surface area contributed by atoms with E-state index in [0.29, 0.717) is 44.4 Å². The lowest BCUT2D eigenvalue weighted by atomic mass is 10.0. The molecule has 0 bridgehead atoms. The van der Waals surface area contributed by atoms with Crippen LogP contribution in [0, 0.1) is 5.82 Å². The normalized spacial score (nSPS) is 15.9. The Morgan fingerprint density at radius 3 is 2.58 bits per heavy atom. The van der Waals surface area contributed by atoms with Crippen LogP contribution in [0.1, 0.15) is 22.0 Å². The van der Waals surface area contributed by atoms with Crippen molar-refractivity contribution in [2.75, 3.05) is 53.0 Å². The number of amides is 1. The molecule has 1 fully saturated rings. The molecule has 8 nitrogen and oxygen atoms in total. The first kappa shape index (κ1) is 22.6. The van der Waals surface area contributed by atoms with E-state index in [1.54, 1.807) is 25.4 Å². The van der Waals surface area contributed by atoms with E-state index >= 15 is 0 Å². The van der Waals surface area contributed by atoms with Gasteiger partial charge in [0.2, 0.25) is 0 Å². The van der Waals surface area contributed by atoms with E-state index in [2.05, 4.69) is 30.8 Å². The van der Waals surface area contributed by atoms with E-state index in [9.17, 15) is 9.18 Å². The molecule has 0 spiro atoms. The molecule has 1 saturated heterocycles. The number of nitrogens with zero attached hydrogens (tertiary/aromatic N) is 3. The zero-order chi connectivity index (χ0) is 21.9. The standard InChI is InChI=1S/C22H29FN6O2/c1-24-22(27-10-9-26-21(30)18-3-2-8-25-15-18)28-16-20(29-11-13-31-14-12-29)17-4-6-19(23)7-5-17/h2-8,15,20H,9-14,16H2,1H3,(H,26,30)(H2,24,27,28). The van der Waals surface area contributed by atoms with Gasteiger partial charge in [0.1, 0.15) is 5.82 Å². The summed E-state index contributed by atoms with van der Waals surface area (Å²) in [7, 11) is 1.70. The van der Waals surface area contributed by atoms with Crippen LogP contribution >= 0.6 is 0 Å². The summed E-state index contributed by atoms with van der Waals surface area (Å²) in [5.41, 5.74) is 1.56. The maximum Gasteiger partial charge on any atom is 0.252 e. The first-order chi connectivity index (χ1) is 15.2. The lowest BCUT2D eigenvalue weighted by molar-refractivity contribution is 0.0170. The molecule has 0 saturated carbocycles. The Morgan fingerprint density at radius 1 is 1.16 bits per heavy atom. The third-order valence-corrected chi connectivity index (χ3v) is 5.05. The highest BCUT2D eigenvalue weighted by atomic mass is 19.1. The Morgan fingerprint density at radius 2 is 1.90 bits per heavy atom. The van der Waals surface area contributed by atoms with Crippen molar-refractivity contribution in [1.82, 2.24) is 25.8 Å². The van der Waals surface area contributed by atoms with Crippen molar-refractivity contribution in [3.8, 4) is 0 Å². The number of carbonyl (C=O) groups is 1. The quantitative estimate of drug-likeness (QED) is 0.332. The second-order valence-corrected chi connectivity index (χ2v) is 7.09. The Balaban J connectivity index is 1.49. The van der Waals surface area contributed by atoms with E-state index in [-0.39, 0.29) is 17.8 Å². The van der Waals surface area contributed by atoms with Crippen LogP contribution in [0.5, 0.6) is 0 Å². The second-order valence-electron chi connectivity index (χ2n) is 7.09. The number of rotatable bonds is 8. The number of aliphatic imine (C=N–C) groups is 1. The van der Waals surface area contributed by atoms with E-state index in [0.717, 1.165) is 18.7 Å². The molecule has 3 rings (SSSR count). The van der Waals surface area contributed by atoms with Gasteiger partial charge >= 0.3 is 0 Å². The number of pyridine rings is 1. The number of guanidine groups is 1. The van der Waals surface area contributed by atoms with Gasteiger partial charge in [0.15, 0.2) is 5.96 Å². The summed E-state index contributed by atoms with van der Waals surface area (Å²) >= 11 is 0. The summed E-state index contributed by atoms with van der Waals surface area (Å²) in [6.07, 6.45) is 3.16. The average Bonchev–Trinajstić information content (AvgIpc) is 2.82. The van der Waals surface area contributed by atoms with Gasteiger partial charge in [-0.2, -0.15) is 0 Å². The van der Waals surface area contributed by atoms with Gasteiger partial charge in [-0.15, -0.1) is 0 Å². The molecule has 31 heavy (non-hydrogen) atoms. The van der Waals surface area contributed by atoms with Gasteiger partial charge in [-0.05, 0) is 29.8 Å². The summed E-state index contributed by atoms with van der Waals surface area (Å²) in [4.78, 5) is 22.6. The van der Waals surface area contributed by atoms with Gasteiger partial charge in [0.05, 0.1) is 24.8 Å². The molecule has 2 heterocycles. The molecule has 0 radical (unpaired) electrons. The Bertz CT molecular complexity index is 841. The zero-order valence-electron chi connectivity index (χ0n) is 17.7. The third-order valence-electron chi connectivity index (χ3n) is 5.05. The van der Waals surface area contributed by atoms with Crippen LogP contribution in [0.3, 0.4) is 0 Å². The molecule has 3 N–H and O–H groups in total. The fourth-order valence-corrected chi connectivity index (χ4v) is 3.40. The molecule has 1 aliphatic heterocycles. The predicted octanol–water partition coefficient (Wildman–Crippen LogP) is 1.19. The molecule has 2 aromatic rings. The van der Waals surface area contributed by atoms with Gasteiger partial charge < -0.3 is 20.7 Å². The number of carbonyl (C=O) groups excluding carboxylic acids is 1. The van der Waals surface area contributed by atoms with Crippen molar-refractivity contribution in [3.05, 3.63) is 65.7 Å². The van der Waals surface area contributed by atoms with Crippen LogP contribution in [-0.2, 0) is 4.74 Å². The largest absolute Gasteiger partial charge is 0.379 e. The van der Waals surface area contributed by atoms with Crippen LogP contribution in [0.15, 0.2) is 53.8 Å². The van der Waals surface area contributed by atoms with Crippen molar-refractivity contribution in [3.63, 3.8) is 0 Å². The molecule has 0 aliphatic carbocycles. The molecule has 1 atom stereocenters. The summed E-state index contributed by atoms with van der Waals surface area (Å²) in [5.74, 6) is 0.223. The molecular weight excluding hydrogens is 399 g/mol. The SMILES string of the molecule is CN=C(NCCNC(=O)c1cccnc1)NCC(c1ccc(F)cc1)N1CCOCC1. The Labute approximate surface area is 181 Å². The average molecular weight is 429 g/mol. The maximum atomic E-state index is 13.4. The summed E-state index contributed by atoms with van der Waals surface area (Å²) in [5, 5.41) is 9.38. The first-order valence-electron chi connectivity index (χ1n) is 10.4. The number of hydrogen-bond acceptors (Lipinski definition) is 5. The molecule has 9 heteroatoms. The van der Waals surface area contributed by atoms with Gasteiger partial charge in [-0.1, -0.05) is 12.1 Å². The number of ether oxygens (including phenoxy) is 1. The van der Waals surface area contributed by atoms with Crippen LogP contribution in [-0.4, -0.2) is 74.7 Å². The number of hydrogen-bond donors (Lipinski definition) is 3. The summed E-state index contributed by atoms with van der Waals surface area (Å²) in [6, 6.07) is 10.1. The van der Waals surface area contributed by atoms with Crippen LogP contribution < -0.4 is 16.0 Å². The van der Waals surface area contributed by atoms with Crippen molar-refractivity contribution < 1.29 is 13.9 Å². The van der Waals surface area contributed by atoms with Crippen molar-refractivity contribution in [2.24, 2.45) is 4.99 Å². The monoisotopic (exact) mass is 428 g/mol. The molecule has 1 aromatic carbocycles. The summed E-state index contributed by atoms with van der Waals surface area (Å²) in [6.45, 7) is 4.56. The second kappa shape index (κ2) is 12.0. The van der Waals surface area contributed by atoms with Crippen LogP contribution in [0.25, 0.3) is 0 Å². The predicted molar refractivity (Wildman–Crippen MR) is 117 cm³/mol. The van der Waals surface area contributed by atoms with E-state index in [1.165, 1.54) is 18.3 Å². The Hall–Kier alpha value is -3.04. The number of nitrogens with one attached hydrogen (secondary N) is 3. The minimum Gasteiger partial charge on any atom is -0.379 e. The third kappa shape index (κ3) is 7.01. The number of aromatic nitrogens is 1. The van der Waals surface area contributed by atoms with E-state index < -0.39 is 0 Å². The van der Waals surface area contributed by atoms with Crippen molar-refractivity contribution >= 4 is 11.9 Å². The molecule has 1 aliphatic rings. The lowest BCUT2D eigenvalue weighted by Gasteiger charge is -2.35. The highest BCUT2D eigenvalue weighted by Gasteiger charge is 2.23. The van der Waals surface area contributed by atoms with Crippen LogP contribution in [0.4, 0.5) is 4.39 Å². The zero-order valence-corrected chi connectivity index (χ0v) is 17.7. The topological polar surface area (TPSA) is 90.9 Å². The van der Waals surface area contributed by atoms with Gasteiger partial charge in [0.25, 0.3) is 5.91 Å². The Kier molecular flexibility index (Phi) is 8.74. The highest BCUT2D eigenvalue weighted by Crippen LogP contribution is 2.21. The smallest absolute Gasteiger partial charge is 0.252 e. The molecule has 1 amide bonds. The van der Waals surface area contributed by atoms with E-state index in [4.69, 9.17) is 4.74 Å². The fourth-order valence-electron chi connectivity index (χ4n) is 3.40. The van der Waals surface area contributed by atoms with Gasteiger partial charge in [0, 0.05) is 52.2 Å². The van der Waals surface area contributed by atoms with E-state index in [1.807, 2.05) is 12.1 Å². The molecule has 166 valence electrons. The highest BCUT2D eigenvalue weighted by molar-refractivity contribution is 5.93. The van der Waals surface area contributed by atoms with Gasteiger partial charge in [-0.25, -0.2) is 4.39 Å². The number of halogens is 1. The lowest BCUT2D eigenvalue weighted by Crippen LogP contribution is -2.47. The minimum atomic E-state index is -0.247. The number of morpholine rings is 1. The number of benzene rings is 1. The molecule has 1 aromatic heterocycles. The fraction of sp³-hybridized carbons (Fsp3) is 0.409. The maximum absolute atomic E-state index is 13.4. The first-order valence-corrected chi connectivity index (χ1v) is 10.4. The molecular formula is C22H29FN6O2. The minimum absolute atomic E-state index is 0.0633. The van der Waals surface area contributed by atoms with Gasteiger partial charge in [-0.3, -0.25) is 19.7 Å². The van der Waals surface area contributed by atoms with Crippen LogP contribution in [0.2, 0.25) is 0 Å². The van der Waals surface area contributed by atoms with Crippen molar-refractivity contribution in [2.45, 2.75) is 6.04 Å².